The van der Waals surface area contributed by atoms with E-state index < -0.39 is 0 Å². The standard InChI is InChI=1S/C13H21N5O2/c1-15(2)13(20)11-9-18(6-5-16(11)3)12(19)10-7-14-17(4)8-10/h7-8,11H,5-6,9H2,1-4H3/t11-/m1/s1. The lowest BCUT2D eigenvalue weighted by Crippen LogP contribution is -2.58. The predicted molar refractivity (Wildman–Crippen MR) is 74.2 cm³/mol. The third kappa shape index (κ3) is 2.82. The van der Waals surface area contributed by atoms with Gasteiger partial charge in [-0.3, -0.25) is 19.2 Å². The maximum atomic E-state index is 12.4. The molecule has 7 nitrogen and oxygen atoms in total. The molecule has 1 fully saturated rings. The number of hydrogen-bond donors (Lipinski definition) is 0. The Labute approximate surface area is 118 Å². The summed E-state index contributed by atoms with van der Waals surface area (Å²) >= 11 is 0. The van der Waals surface area contributed by atoms with Gasteiger partial charge in [-0.15, -0.1) is 0 Å². The molecule has 0 aliphatic carbocycles. The highest BCUT2D eigenvalue weighted by Crippen LogP contribution is 2.13. The van der Waals surface area contributed by atoms with E-state index in [1.165, 1.54) is 0 Å². The van der Waals surface area contributed by atoms with E-state index >= 15 is 0 Å². The molecular formula is C13H21N5O2. The van der Waals surface area contributed by atoms with Gasteiger partial charge in [0.2, 0.25) is 5.91 Å². The van der Waals surface area contributed by atoms with Crippen LogP contribution in [0.3, 0.4) is 0 Å². The van der Waals surface area contributed by atoms with Crippen LogP contribution < -0.4 is 0 Å². The highest BCUT2D eigenvalue weighted by Gasteiger charge is 2.33. The molecule has 110 valence electrons. The molecule has 0 aromatic carbocycles. The minimum atomic E-state index is -0.278. The van der Waals surface area contributed by atoms with Crippen LogP contribution in [-0.4, -0.2) is 83.1 Å². The summed E-state index contributed by atoms with van der Waals surface area (Å²) in [7, 11) is 7.16. The molecule has 1 aromatic heterocycles. The van der Waals surface area contributed by atoms with E-state index in [-0.39, 0.29) is 17.9 Å². The lowest BCUT2D eigenvalue weighted by atomic mass is 10.1. The number of rotatable bonds is 2. The minimum absolute atomic E-state index is 0.0242. The molecule has 1 aliphatic rings. The summed E-state index contributed by atoms with van der Waals surface area (Å²) < 4.78 is 1.60. The van der Waals surface area contributed by atoms with Crippen LogP contribution in [0.15, 0.2) is 12.4 Å². The van der Waals surface area contributed by atoms with Crippen LogP contribution in [0, 0.1) is 0 Å². The quantitative estimate of drug-likeness (QED) is 0.716. The van der Waals surface area contributed by atoms with E-state index in [9.17, 15) is 9.59 Å². The number of hydrogen-bond acceptors (Lipinski definition) is 4. The Kier molecular flexibility index (Phi) is 4.08. The molecule has 0 radical (unpaired) electrons. The Morgan fingerprint density at radius 1 is 1.30 bits per heavy atom. The highest BCUT2D eigenvalue weighted by molar-refractivity contribution is 5.94. The average Bonchev–Trinajstić information content (AvgIpc) is 2.84. The number of aromatic nitrogens is 2. The first-order valence-electron chi connectivity index (χ1n) is 6.59. The zero-order valence-corrected chi connectivity index (χ0v) is 12.4. The first-order valence-corrected chi connectivity index (χ1v) is 6.59. The van der Waals surface area contributed by atoms with Crippen LogP contribution in [-0.2, 0) is 11.8 Å². The lowest BCUT2D eigenvalue weighted by molar-refractivity contribution is -0.135. The minimum Gasteiger partial charge on any atom is -0.347 e. The van der Waals surface area contributed by atoms with Crippen LogP contribution >= 0.6 is 0 Å². The fraction of sp³-hybridized carbons (Fsp3) is 0.615. The van der Waals surface area contributed by atoms with E-state index in [0.29, 0.717) is 25.2 Å². The van der Waals surface area contributed by atoms with Gasteiger partial charge in [0.05, 0.1) is 11.8 Å². The molecule has 1 atom stereocenters. The second-order valence-corrected chi connectivity index (χ2v) is 5.38. The second kappa shape index (κ2) is 5.62. The Morgan fingerprint density at radius 3 is 2.55 bits per heavy atom. The van der Waals surface area contributed by atoms with Crippen molar-refractivity contribution >= 4 is 11.8 Å². The van der Waals surface area contributed by atoms with E-state index in [4.69, 9.17) is 0 Å². The number of nitrogens with zero attached hydrogens (tertiary/aromatic N) is 5. The third-order valence-electron chi connectivity index (χ3n) is 3.61. The summed E-state index contributed by atoms with van der Waals surface area (Å²) in [6.45, 7) is 1.74. The van der Waals surface area contributed by atoms with E-state index in [0.717, 1.165) is 0 Å². The van der Waals surface area contributed by atoms with Crippen LogP contribution in [0.5, 0.6) is 0 Å². The Balaban J connectivity index is 2.10. The largest absolute Gasteiger partial charge is 0.347 e. The molecule has 0 N–H and O–H groups in total. The summed E-state index contributed by atoms with van der Waals surface area (Å²) in [5.74, 6) is -0.0426. The van der Waals surface area contributed by atoms with Gasteiger partial charge in [0, 0.05) is 47.0 Å². The fourth-order valence-electron chi connectivity index (χ4n) is 2.34. The molecule has 0 bridgehead atoms. The van der Waals surface area contributed by atoms with Gasteiger partial charge >= 0.3 is 0 Å². The molecule has 2 heterocycles. The molecule has 2 rings (SSSR count). The van der Waals surface area contributed by atoms with Crippen molar-refractivity contribution in [2.24, 2.45) is 7.05 Å². The van der Waals surface area contributed by atoms with Gasteiger partial charge in [0.25, 0.3) is 5.91 Å². The number of aryl methyl sites for hydroxylation is 1. The molecule has 1 aliphatic heterocycles. The molecule has 1 aromatic rings. The van der Waals surface area contributed by atoms with E-state index in [1.54, 1.807) is 48.0 Å². The van der Waals surface area contributed by atoms with Gasteiger partial charge in [-0.25, -0.2) is 0 Å². The topological polar surface area (TPSA) is 61.7 Å². The van der Waals surface area contributed by atoms with Gasteiger partial charge in [0.15, 0.2) is 0 Å². The van der Waals surface area contributed by atoms with Crippen LogP contribution in [0.4, 0.5) is 0 Å². The van der Waals surface area contributed by atoms with Crippen LogP contribution in [0.25, 0.3) is 0 Å². The molecular weight excluding hydrogens is 258 g/mol. The van der Waals surface area contributed by atoms with Crippen molar-refractivity contribution in [2.45, 2.75) is 6.04 Å². The monoisotopic (exact) mass is 279 g/mol. The first kappa shape index (κ1) is 14.5. The predicted octanol–water partition coefficient (Wildman–Crippen LogP) is -0.735. The smallest absolute Gasteiger partial charge is 0.257 e. The first-order chi connectivity index (χ1) is 9.40. The Morgan fingerprint density at radius 2 is 2.00 bits per heavy atom. The molecule has 0 spiro atoms. The van der Waals surface area contributed by atoms with Gasteiger partial charge in [-0.1, -0.05) is 0 Å². The molecule has 0 unspecified atom stereocenters. The number of likely N-dealkylation sites (N-methyl/N-ethyl adjacent to an activating group) is 2. The molecule has 0 saturated carbocycles. The summed E-state index contributed by atoms with van der Waals surface area (Å²) in [5.41, 5.74) is 0.563. The fourth-order valence-corrected chi connectivity index (χ4v) is 2.34. The summed E-state index contributed by atoms with van der Waals surface area (Å²) in [4.78, 5) is 29.8. The maximum Gasteiger partial charge on any atom is 0.257 e. The van der Waals surface area contributed by atoms with Crippen molar-refractivity contribution in [3.8, 4) is 0 Å². The van der Waals surface area contributed by atoms with Crippen molar-refractivity contribution in [3.63, 3.8) is 0 Å². The lowest BCUT2D eigenvalue weighted by Gasteiger charge is -2.39. The molecule has 7 heteroatoms. The van der Waals surface area contributed by atoms with Gasteiger partial charge in [0.1, 0.15) is 6.04 Å². The molecule has 1 saturated heterocycles. The number of carbonyl (C=O) groups is 2. The van der Waals surface area contributed by atoms with Crippen molar-refractivity contribution in [1.82, 2.24) is 24.5 Å². The van der Waals surface area contributed by atoms with Crippen LogP contribution in [0.1, 0.15) is 10.4 Å². The number of piperazine rings is 1. The van der Waals surface area contributed by atoms with E-state index in [2.05, 4.69) is 5.10 Å². The zero-order valence-electron chi connectivity index (χ0n) is 12.4. The third-order valence-corrected chi connectivity index (χ3v) is 3.61. The average molecular weight is 279 g/mol. The SMILES string of the molecule is CN(C)C(=O)[C@H]1CN(C(=O)c2cnn(C)c2)CCN1C. The van der Waals surface area contributed by atoms with Crippen molar-refractivity contribution in [2.75, 3.05) is 40.8 Å². The number of carbonyl (C=O) groups excluding carboxylic acids is 2. The van der Waals surface area contributed by atoms with Crippen LogP contribution in [0.2, 0.25) is 0 Å². The summed E-state index contributed by atoms with van der Waals surface area (Å²) in [5, 5.41) is 4.01. The normalized spacial score (nSPS) is 20.0. The Hall–Kier alpha value is -1.89. The molecule has 2 amide bonds. The Bertz CT molecular complexity index is 511. The summed E-state index contributed by atoms with van der Waals surface area (Å²) in [6.07, 6.45) is 3.26. The van der Waals surface area contributed by atoms with Gasteiger partial charge in [-0.05, 0) is 7.05 Å². The maximum absolute atomic E-state index is 12.4. The highest BCUT2D eigenvalue weighted by atomic mass is 16.2. The zero-order chi connectivity index (χ0) is 14.9. The molecule has 20 heavy (non-hydrogen) atoms. The van der Waals surface area contributed by atoms with Gasteiger partial charge < -0.3 is 9.80 Å². The van der Waals surface area contributed by atoms with Gasteiger partial charge in [-0.2, -0.15) is 5.10 Å². The summed E-state index contributed by atoms with van der Waals surface area (Å²) in [6, 6.07) is -0.278. The number of amides is 2. The van der Waals surface area contributed by atoms with E-state index in [1.807, 2.05) is 11.9 Å². The van der Waals surface area contributed by atoms with Crippen molar-refractivity contribution < 1.29 is 9.59 Å². The van der Waals surface area contributed by atoms with Crippen molar-refractivity contribution in [1.29, 1.82) is 0 Å². The second-order valence-electron chi connectivity index (χ2n) is 5.38. The van der Waals surface area contributed by atoms with Crippen molar-refractivity contribution in [3.05, 3.63) is 18.0 Å².